The summed E-state index contributed by atoms with van der Waals surface area (Å²) in [7, 11) is 0. The average Bonchev–Trinajstić information content (AvgIpc) is 2.87. The molecule has 5 nitrogen and oxygen atoms in total. The van der Waals surface area contributed by atoms with E-state index in [2.05, 4.69) is 25.3 Å². The number of rotatable bonds is 3. The summed E-state index contributed by atoms with van der Waals surface area (Å²) in [5, 5.41) is 4.17. The summed E-state index contributed by atoms with van der Waals surface area (Å²) in [4.78, 5) is 15.3. The number of H-pyrrole nitrogens is 1. The van der Waals surface area contributed by atoms with Gasteiger partial charge in [-0.15, -0.1) is 0 Å². The van der Waals surface area contributed by atoms with Gasteiger partial charge in [0.15, 0.2) is 11.5 Å². The van der Waals surface area contributed by atoms with Gasteiger partial charge in [-0.1, -0.05) is 23.7 Å². The Balaban J connectivity index is 1.92. The molecule has 0 amide bonds. The van der Waals surface area contributed by atoms with Crippen LogP contribution in [-0.4, -0.2) is 19.9 Å². The smallest absolute Gasteiger partial charge is 0.226 e. The van der Waals surface area contributed by atoms with Gasteiger partial charge >= 0.3 is 0 Å². The lowest BCUT2D eigenvalue weighted by molar-refractivity contribution is 0.875. The largest absolute Gasteiger partial charge is 0.362 e. The quantitative estimate of drug-likeness (QED) is 0.722. The predicted molar refractivity (Wildman–Crippen MR) is 80.2 cm³/mol. The molecule has 0 aliphatic carbocycles. The lowest BCUT2D eigenvalue weighted by Gasteiger charge is -2.15. The second-order valence-electron chi connectivity index (χ2n) is 4.36. The minimum absolute atomic E-state index is 0.0460. The van der Waals surface area contributed by atoms with E-state index in [-0.39, 0.29) is 11.3 Å². The van der Waals surface area contributed by atoms with E-state index < -0.39 is 0 Å². The fourth-order valence-corrected chi connectivity index (χ4v) is 2.24. The highest BCUT2D eigenvalue weighted by molar-refractivity contribution is 6.30. The molecular weight excluding hydrogens is 297 g/mol. The molecule has 1 unspecified atom stereocenters. The first-order chi connectivity index (χ1) is 9.63. The van der Waals surface area contributed by atoms with Crippen molar-refractivity contribution in [2.45, 2.75) is 13.0 Å². The van der Waals surface area contributed by atoms with Crippen molar-refractivity contribution in [3.8, 4) is 0 Å². The standard InChI is InChI=1S/C13H11Cl2N5/c1-7(8-2-4-9(14)5-3-8)18-12-10-11(17-6-16-10)19-13(15)20-12/h2-7H,1H3,(H2,16,17,18,19,20). The molecule has 0 saturated heterocycles. The molecule has 0 aliphatic rings. The molecule has 2 N–H and O–H groups in total. The van der Waals surface area contributed by atoms with E-state index in [9.17, 15) is 0 Å². The fourth-order valence-electron chi connectivity index (χ4n) is 1.95. The van der Waals surface area contributed by atoms with Crippen LogP contribution in [0.25, 0.3) is 11.2 Å². The van der Waals surface area contributed by atoms with Crippen LogP contribution >= 0.6 is 23.2 Å². The number of anilines is 1. The van der Waals surface area contributed by atoms with Crippen molar-refractivity contribution in [3.05, 3.63) is 46.5 Å². The summed E-state index contributed by atoms with van der Waals surface area (Å²) in [6.07, 6.45) is 1.56. The number of nitrogens with one attached hydrogen (secondary N) is 2. The summed E-state index contributed by atoms with van der Waals surface area (Å²) in [5.41, 5.74) is 2.36. The SMILES string of the molecule is CC(Nc1nc(Cl)nc2nc[nH]c12)c1ccc(Cl)cc1. The Bertz CT molecular complexity index is 738. The van der Waals surface area contributed by atoms with E-state index >= 15 is 0 Å². The first-order valence-corrected chi connectivity index (χ1v) is 6.77. The number of hydrogen-bond donors (Lipinski definition) is 2. The molecule has 0 aliphatic heterocycles. The molecule has 7 heteroatoms. The van der Waals surface area contributed by atoms with E-state index in [0.717, 1.165) is 11.1 Å². The third kappa shape index (κ3) is 2.55. The summed E-state index contributed by atoms with van der Waals surface area (Å²) >= 11 is 11.8. The molecule has 2 aromatic heterocycles. The van der Waals surface area contributed by atoms with Gasteiger partial charge in [-0.2, -0.15) is 9.97 Å². The van der Waals surface area contributed by atoms with Gasteiger partial charge in [-0.05, 0) is 36.2 Å². The molecule has 20 heavy (non-hydrogen) atoms. The predicted octanol–water partition coefficient (Wildman–Crippen LogP) is 3.83. The van der Waals surface area contributed by atoms with Crippen LogP contribution in [0, 0.1) is 0 Å². The van der Waals surface area contributed by atoms with E-state index in [1.165, 1.54) is 0 Å². The maximum absolute atomic E-state index is 5.90. The number of hydrogen-bond acceptors (Lipinski definition) is 4. The Morgan fingerprint density at radius 2 is 1.90 bits per heavy atom. The minimum atomic E-state index is 0.0460. The van der Waals surface area contributed by atoms with Gasteiger partial charge in [-0.3, -0.25) is 0 Å². The van der Waals surface area contributed by atoms with Crippen LogP contribution in [0.3, 0.4) is 0 Å². The summed E-state index contributed by atoms with van der Waals surface area (Å²) in [5.74, 6) is 0.625. The number of imidazole rings is 1. The maximum Gasteiger partial charge on any atom is 0.226 e. The highest BCUT2D eigenvalue weighted by Crippen LogP contribution is 2.24. The van der Waals surface area contributed by atoms with Crippen LogP contribution in [0.4, 0.5) is 5.82 Å². The molecule has 0 fully saturated rings. The van der Waals surface area contributed by atoms with Crippen molar-refractivity contribution in [2.24, 2.45) is 0 Å². The van der Waals surface area contributed by atoms with Crippen molar-refractivity contribution >= 4 is 40.2 Å². The first-order valence-electron chi connectivity index (χ1n) is 6.02. The third-order valence-electron chi connectivity index (χ3n) is 2.98. The second kappa shape index (κ2) is 5.26. The second-order valence-corrected chi connectivity index (χ2v) is 5.13. The molecule has 1 atom stereocenters. The normalized spacial score (nSPS) is 12.6. The summed E-state index contributed by atoms with van der Waals surface area (Å²) in [6.45, 7) is 2.03. The van der Waals surface area contributed by atoms with E-state index in [1.54, 1.807) is 6.33 Å². The molecule has 0 saturated carbocycles. The van der Waals surface area contributed by atoms with Crippen molar-refractivity contribution in [1.82, 2.24) is 19.9 Å². The zero-order valence-corrected chi connectivity index (χ0v) is 12.1. The van der Waals surface area contributed by atoms with Gasteiger partial charge in [0.05, 0.1) is 12.4 Å². The maximum atomic E-state index is 5.90. The zero-order chi connectivity index (χ0) is 14.1. The average molecular weight is 308 g/mol. The van der Waals surface area contributed by atoms with E-state index in [4.69, 9.17) is 23.2 Å². The molecule has 3 aromatic rings. The van der Waals surface area contributed by atoms with Gasteiger partial charge in [0.2, 0.25) is 5.28 Å². The van der Waals surface area contributed by atoms with Gasteiger partial charge in [0.1, 0.15) is 5.52 Å². The molecular formula is C13H11Cl2N5. The van der Waals surface area contributed by atoms with Crippen LogP contribution < -0.4 is 5.32 Å². The molecule has 3 rings (SSSR count). The highest BCUT2D eigenvalue weighted by atomic mass is 35.5. The number of aromatic amines is 1. The van der Waals surface area contributed by atoms with Crippen LogP contribution in [0.2, 0.25) is 10.3 Å². The van der Waals surface area contributed by atoms with Crippen LogP contribution in [0.1, 0.15) is 18.5 Å². The van der Waals surface area contributed by atoms with Crippen molar-refractivity contribution in [2.75, 3.05) is 5.32 Å². The molecule has 0 bridgehead atoms. The van der Waals surface area contributed by atoms with Crippen LogP contribution in [0.5, 0.6) is 0 Å². The van der Waals surface area contributed by atoms with Gasteiger partial charge in [-0.25, -0.2) is 4.98 Å². The number of nitrogens with zero attached hydrogens (tertiary/aromatic N) is 3. The fraction of sp³-hybridized carbons (Fsp3) is 0.154. The highest BCUT2D eigenvalue weighted by Gasteiger charge is 2.12. The monoisotopic (exact) mass is 307 g/mol. The van der Waals surface area contributed by atoms with E-state index in [1.807, 2.05) is 31.2 Å². The van der Waals surface area contributed by atoms with Crippen LogP contribution in [0.15, 0.2) is 30.6 Å². The Labute approximate surface area is 125 Å². The topological polar surface area (TPSA) is 66.5 Å². The van der Waals surface area contributed by atoms with E-state index in [0.29, 0.717) is 16.5 Å². The summed E-state index contributed by atoms with van der Waals surface area (Å²) < 4.78 is 0. The molecule has 2 heterocycles. The van der Waals surface area contributed by atoms with Crippen molar-refractivity contribution < 1.29 is 0 Å². The molecule has 0 spiro atoms. The molecule has 0 radical (unpaired) electrons. The Morgan fingerprint density at radius 3 is 2.65 bits per heavy atom. The number of halogens is 2. The minimum Gasteiger partial charge on any atom is -0.362 e. The lowest BCUT2D eigenvalue weighted by Crippen LogP contribution is -2.09. The van der Waals surface area contributed by atoms with Crippen molar-refractivity contribution in [1.29, 1.82) is 0 Å². The summed E-state index contributed by atoms with van der Waals surface area (Å²) in [6, 6.07) is 7.69. The Kier molecular flexibility index (Phi) is 3.46. The van der Waals surface area contributed by atoms with Gasteiger partial charge in [0.25, 0.3) is 0 Å². The zero-order valence-electron chi connectivity index (χ0n) is 10.6. The van der Waals surface area contributed by atoms with Gasteiger partial charge < -0.3 is 10.3 Å². The van der Waals surface area contributed by atoms with Crippen LogP contribution in [-0.2, 0) is 0 Å². The Hall–Kier alpha value is -1.85. The number of aromatic nitrogens is 4. The first kappa shape index (κ1) is 13.1. The molecule has 1 aromatic carbocycles. The Morgan fingerprint density at radius 1 is 1.15 bits per heavy atom. The number of fused-ring (bicyclic) bond motifs is 1. The number of benzene rings is 1. The third-order valence-corrected chi connectivity index (χ3v) is 3.40. The molecule has 102 valence electrons. The van der Waals surface area contributed by atoms with Crippen molar-refractivity contribution in [3.63, 3.8) is 0 Å². The lowest BCUT2D eigenvalue weighted by atomic mass is 10.1. The van der Waals surface area contributed by atoms with Gasteiger partial charge in [0, 0.05) is 5.02 Å².